The Bertz CT molecular complexity index is 1380. The number of carbonyl (C=O) groups is 2. The highest BCUT2D eigenvalue weighted by atomic mass is 19.4. The van der Waals surface area contributed by atoms with E-state index >= 15 is 0 Å². The summed E-state index contributed by atoms with van der Waals surface area (Å²) in [6.07, 6.45) is 3.14. The number of methoxy groups -OCH3 is 1. The van der Waals surface area contributed by atoms with E-state index in [4.69, 9.17) is 9.94 Å². The van der Waals surface area contributed by atoms with Crippen LogP contribution in [0.4, 0.5) is 18.9 Å². The molecule has 0 saturated heterocycles. The zero-order valence-electron chi connectivity index (χ0n) is 22.1. The van der Waals surface area contributed by atoms with Gasteiger partial charge in [-0.2, -0.15) is 13.2 Å². The van der Waals surface area contributed by atoms with Gasteiger partial charge in [-0.25, -0.2) is 5.48 Å². The van der Waals surface area contributed by atoms with Gasteiger partial charge in [-0.15, -0.1) is 0 Å². The van der Waals surface area contributed by atoms with Crippen molar-refractivity contribution in [3.05, 3.63) is 89.0 Å². The highest BCUT2D eigenvalue weighted by molar-refractivity contribution is 6.06. The van der Waals surface area contributed by atoms with Gasteiger partial charge >= 0.3 is 6.18 Å². The minimum atomic E-state index is -4.68. The molecule has 2 amide bonds. The zero-order valence-corrected chi connectivity index (χ0v) is 22.1. The van der Waals surface area contributed by atoms with Crippen molar-refractivity contribution in [2.75, 3.05) is 18.6 Å². The van der Waals surface area contributed by atoms with Gasteiger partial charge in [-0.05, 0) is 71.8 Å². The summed E-state index contributed by atoms with van der Waals surface area (Å²) in [5.41, 5.74) is 5.52. The number of anilines is 1. The molecule has 0 unspecified atom stereocenters. The number of hydrogen-bond donors (Lipinski definition) is 2. The molecule has 0 aromatic heterocycles. The van der Waals surface area contributed by atoms with Crippen LogP contribution in [0.25, 0.3) is 17.2 Å². The van der Waals surface area contributed by atoms with Crippen molar-refractivity contribution in [1.29, 1.82) is 0 Å². The van der Waals surface area contributed by atoms with Gasteiger partial charge in [0.25, 0.3) is 5.91 Å². The average Bonchev–Trinajstić information content (AvgIpc) is 3.44. The van der Waals surface area contributed by atoms with E-state index in [0.717, 1.165) is 36.8 Å². The minimum Gasteiger partial charge on any atom is -0.496 e. The van der Waals surface area contributed by atoms with E-state index in [1.54, 1.807) is 17.6 Å². The number of allylic oxidation sites excluding steroid dienone is 1. The molecule has 1 aliphatic rings. The summed E-state index contributed by atoms with van der Waals surface area (Å²) >= 11 is 0. The van der Waals surface area contributed by atoms with Crippen LogP contribution >= 0.6 is 0 Å². The van der Waals surface area contributed by atoms with Crippen molar-refractivity contribution in [2.24, 2.45) is 0 Å². The molecule has 4 rings (SSSR count). The predicted octanol–water partition coefficient (Wildman–Crippen LogP) is 7.05. The molecule has 2 N–H and O–H groups in total. The number of ether oxygens (including phenoxy) is 1. The van der Waals surface area contributed by atoms with Crippen molar-refractivity contribution in [3.63, 3.8) is 0 Å². The van der Waals surface area contributed by atoms with Crippen LogP contribution in [-0.4, -0.2) is 30.7 Å². The molecule has 9 heteroatoms. The fourth-order valence-electron chi connectivity index (χ4n) is 4.80. The fourth-order valence-corrected chi connectivity index (χ4v) is 4.80. The number of fused-ring (bicyclic) bond motifs is 1. The average molecular weight is 553 g/mol. The van der Waals surface area contributed by atoms with Gasteiger partial charge in [-0.1, -0.05) is 55.3 Å². The molecule has 3 aromatic rings. The maximum absolute atomic E-state index is 13.6. The van der Waals surface area contributed by atoms with Crippen LogP contribution in [-0.2, 0) is 17.4 Å². The quantitative estimate of drug-likeness (QED) is 0.152. The smallest absolute Gasteiger partial charge is 0.419 e. The lowest BCUT2D eigenvalue weighted by atomic mass is 10.00. The van der Waals surface area contributed by atoms with Gasteiger partial charge in [0, 0.05) is 24.2 Å². The maximum Gasteiger partial charge on any atom is 0.419 e. The largest absolute Gasteiger partial charge is 0.496 e. The lowest BCUT2D eigenvalue weighted by Gasteiger charge is -2.24. The molecule has 0 heterocycles. The zero-order chi connectivity index (χ0) is 28.7. The lowest BCUT2D eigenvalue weighted by molar-refractivity contribution is -0.138. The van der Waals surface area contributed by atoms with Crippen LogP contribution < -0.4 is 15.1 Å². The Morgan fingerprint density at radius 3 is 2.38 bits per heavy atom. The van der Waals surface area contributed by atoms with Crippen LogP contribution in [0.15, 0.2) is 66.7 Å². The van der Waals surface area contributed by atoms with E-state index in [0.29, 0.717) is 31.4 Å². The number of hydroxylamine groups is 1. The third-order valence-electron chi connectivity index (χ3n) is 6.95. The van der Waals surface area contributed by atoms with Crippen LogP contribution in [0.2, 0.25) is 0 Å². The van der Waals surface area contributed by atoms with Gasteiger partial charge in [0.05, 0.1) is 12.7 Å². The van der Waals surface area contributed by atoms with E-state index in [1.807, 2.05) is 18.2 Å². The number of benzene rings is 3. The van der Waals surface area contributed by atoms with E-state index < -0.39 is 23.6 Å². The second-order valence-electron chi connectivity index (χ2n) is 9.64. The van der Waals surface area contributed by atoms with Crippen molar-refractivity contribution in [3.8, 4) is 16.9 Å². The fraction of sp³-hybridized carbons (Fsp3) is 0.290. The van der Waals surface area contributed by atoms with E-state index in [2.05, 4.69) is 24.3 Å². The Balaban J connectivity index is 1.56. The standard InChI is InChI=1S/C31H31F3N2O4/c1-40-28-17-14-25(20-27(28)31(32,33)34)30(38)36(18-5-3-2-4-9-29(37)35-39)26-15-12-22(13-16-26)24-11-10-21-7-6-8-23(21)19-24/h6-7,10-17,19-20,39H,2-5,8-9,18H2,1H3,(H,35,37). The number of unbranched alkanes of at least 4 members (excludes halogenated alkanes) is 3. The Kier molecular flexibility index (Phi) is 9.26. The molecule has 40 heavy (non-hydrogen) atoms. The van der Waals surface area contributed by atoms with Gasteiger partial charge in [0.2, 0.25) is 5.91 Å². The van der Waals surface area contributed by atoms with Crippen molar-refractivity contribution < 1.29 is 32.7 Å². The number of rotatable bonds is 11. The molecule has 3 aromatic carbocycles. The van der Waals surface area contributed by atoms with E-state index in [-0.39, 0.29) is 24.3 Å². The molecular weight excluding hydrogens is 521 g/mol. The first-order valence-electron chi connectivity index (χ1n) is 13.1. The number of hydrogen-bond acceptors (Lipinski definition) is 4. The molecule has 0 saturated carbocycles. The highest BCUT2D eigenvalue weighted by Crippen LogP contribution is 2.37. The summed E-state index contributed by atoms with van der Waals surface area (Å²) in [6, 6.07) is 17.0. The SMILES string of the molecule is COc1ccc(C(=O)N(CCCCCCC(=O)NO)c2ccc(-c3ccc4c(c3)CC=C4)cc2)cc1C(F)(F)F. The maximum atomic E-state index is 13.6. The number of alkyl halides is 3. The molecule has 0 radical (unpaired) electrons. The number of nitrogens with one attached hydrogen (secondary N) is 1. The summed E-state index contributed by atoms with van der Waals surface area (Å²) in [6.45, 7) is 0.280. The highest BCUT2D eigenvalue weighted by Gasteiger charge is 2.35. The topological polar surface area (TPSA) is 78.9 Å². The number of halogens is 3. The summed E-state index contributed by atoms with van der Waals surface area (Å²) in [5.74, 6) is -1.36. The summed E-state index contributed by atoms with van der Waals surface area (Å²) in [7, 11) is 1.15. The molecule has 0 fully saturated rings. The first-order chi connectivity index (χ1) is 19.2. The Morgan fingerprint density at radius 2 is 1.68 bits per heavy atom. The molecule has 0 aliphatic heterocycles. The molecular formula is C31H31F3N2O4. The van der Waals surface area contributed by atoms with Gasteiger partial charge in [0.1, 0.15) is 5.75 Å². The summed E-state index contributed by atoms with van der Waals surface area (Å²) in [4.78, 5) is 26.3. The van der Waals surface area contributed by atoms with E-state index in [1.165, 1.54) is 22.1 Å². The van der Waals surface area contributed by atoms with Gasteiger partial charge < -0.3 is 9.64 Å². The minimum absolute atomic E-state index is 0.0945. The molecule has 210 valence electrons. The first kappa shape index (κ1) is 28.9. The van der Waals surface area contributed by atoms with Gasteiger partial charge in [-0.3, -0.25) is 14.8 Å². The number of carbonyl (C=O) groups excluding carboxylic acids is 2. The second kappa shape index (κ2) is 12.8. The Hall–Kier alpha value is -4.11. The molecule has 6 nitrogen and oxygen atoms in total. The first-order valence-corrected chi connectivity index (χ1v) is 13.1. The Labute approximate surface area is 231 Å². The van der Waals surface area contributed by atoms with Crippen LogP contribution in [0.1, 0.15) is 59.2 Å². The molecule has 1 aliphatic carbocycles. The third kappa shape index (κ3) is 6.90. The monoisotopic (exact) mass is 552 g/mol. The van der Waals surface area contributed by atoms with Crippen molar-refractivity contribution in [2.45, 2.75) is 44.7 Å². The molecule has 0 bridgehead atoms. The van der Waals surface area contributed by atoms with Crippen LogP contribution in [0, 0.1) is 0 Å². The van der Waals surface area contributed by atoms with Crippen LogP contribution in [0.5, 0.6) is 5.75 Å². The second-order valence-corrected chi connectivity index (χ2v) is 9.64. The van der Waals surface area contributed by atoms with Crippen LogP contribution in [0.3, 0.4) is 0 Å². The molecule has 0 atom stereocenters. The molecule has 0 spiro atoms. The van der Waals surface area contributed by atoms with Gasteiger partial charge in [0.15, 0.2) is 0 Å². The predicted molar refractivity (Wildman–Crippen MR) is 147 cm³/mol. The Morgan fingerprint density at radius 1 is 0.950 bits per heavy atom. The third-order valence-corrected chi connectivity index (χ3v) is 6.95. The lowest BCUT2D eigenvalue weighted by Crippen LogP contribution is -2.32. The van der Waals surface area contributed by atoms with Crippen molar-refractivity contribution in [1.82, 2.24) is 5.48 Å². The summed E-state index contributed by atoms with van der Waals surface area (Å²) < 4.78 is 45.8. The normalized spacial score (nSPS) is 12.2. The summed E-state index contributed by atoms with van der Waals surface area (Å²) in [5, 5.41) is 8.62. The van der Waals surface area contributed by atoms with E-state index in [9.17, 15) is 22.8 Å². The number of nitrogens with zero attached hydrogens (tertiary/aromatic N) is 1. The van der Waals surface area contributed by atoms with Crippen molar-refractivity contribution >= 4 is 23.6 Å². The number of amides is 2.